The Labute approximate surface area is 120 Å². The molecule has 3 N–H and O–H groups in total. The average Bonchev–Trinajstić information content (AvgIpc) is 2.50. The predicted molar refractivity (Wildman–Crippen MR) is 78.3 cm³/mol. The number of rotatable bonds is 8. The summed E-state index contributed by atoms with van der Waals surface area (Å²) >= 11 is 0. The van der Waals surface area contributed by atoms with E-state index in [-0.39, 0.29) is 18.7 Å². The van der Waals surface area contributed by atoms with E-state index in [1.54, 1.807) is 32.4 Å². The molecule has 114 valence electrons. The molecule has 0 aromatic heterocycles. The normalized spacial score (nSPS) is 15.5. The molecule has 0 saturated heterocycles. The number of hydrogen-bond acceptors (Lipinski definition) is 5. The SMILES string of the molecule is CCC(CO)NC(C)C(O)c1ccc(OC)cc1OC. The third-order valence-electron chi connectivity index (χ3n) is 3.44. The number of nitrogens with one attached hydrogen (secondary N) is 1. The molecular weight excluding hydrogens is 258 g/mol. The van der Waals surface area contributed by atoms with Crippen LogP contribution in [0.25, 0.3) is 0 Å². The summed E-state index contributed by atoms with van der Waals surface area (Å²) < 4.78 is 10.4. The van der Waals surface area contributed by atoms with Crippen molar-refractivity contribution in [1.82, 2.24) is 5.32 Å². The van der Waals surface area contributed by atoms with E-state index < -0.39 is 6.10 Å². The van der Waals surface area contributed by atoms with Gasteiger partial charge in [0, 0.05) is 23.7 Å². The van der Waals surface area contributed by atoms with Gasteiger partial charge in [-0.15, -0.1) is 0 Å². The minimum atomic E-state index is -0.726. The van der Waals surface area contributed by atoms with E-state index in [1.807, 2.05) is 13.8 Å². The molecule has 0 saturated carbocycles. The van der Waals surface area contributed by atoms with Crippen LogP contribution in [-0.2, 0) is 0 Å². The van der Waals surface area contributed by atoms with Gasteiger partial charge in [0.15, 0.2) is 0 Å². The van der Waals surface area contributed by atoms with Gasteiger partial charge in [0.25, 0.3) is 0 Å². The minimum Gasteiger partial charge on any atom is -0.497 e. The van der Waals surface area contributed by atoms with Gasteiger partial charge in [-0.2, -0.15) is 0 Å². The second-order valence-corrected chi connectivity index (χ2v) is 4.80. The molecule has 1 rings (SSSR count). The minimum absolute atomic E-state index is 0.0242. The number of aliphatic hydroxyl groups excluding tert-OH is 2. The quantitative estimate of drug-likeness (QED) is 0.674. The molecule has 0 radical (unpaired) electrons. The van der Waals surface area contributed by atoms with Crippen LogP contribution >= 0.6 is 0 Å². The molecule has 3 atom stereocenters. The molecule has 1 aromatic rings. The van der Waals surface area contributed by atoms with Crippen molar-refractivity contribution in [3.8, 4) is 11.5 Å². The molecule has 5 heteroatoms. The standard InChI is InChI=1S/C15H25NO4/c1-5-11(9-17)16-10(2)15(18)13-7-6-12(19-3)8-14(13)20-4/h6-8,10-11,15-18H,5,9H2,1-4H3. The molecular formula is C15H25NO4. The van der Waals surface area contributed by atoms with E-state index in [9.17, 15) is 10.2 Å². The maximum atomic E-state index is 10.4. The van der Waals surface area contributed by atoms with Crippen molar-refractivity contribution in [2.45, 2.75) is 38.5 Å². The lowest BCUT2D eigenvalue weighted by atomic mass is 10.0. The molecule has 20 heavy (non-hydrogen) atoms. The first-order valence-electron chi connectivity index (χ1n) is 6.84. The fraction of sp³-hybridized carbons (Fsp3) is 0.600. The molecule has 0 bridgehead atoms. The van der Waals surface area contributed by atoms with Crippen LogP contribution in [0, 0.1) is 0 Å². The lowest BCUT2D eigenvalue weighted by Crippen LogP contribution is -2.41. The van der Waals surface area contributed by atoms with Gasteiger partial charge in [0.05, 0.1) is 26.9 Å². The van der Waals surface area contributed by atoms with E-state index in [0.717, 1.165) is 6.42 Å². The van der Waals surface area contributed by atoms with Crippen LogP contribution in [-0.4, -0.2) is 43.1 Å². The Morgan fingerprint density at radius 3 is 2.45 bits per heavy atom. The highest BCUT2D eigenvalue weighted by molar-refractivity contribution is 5.42. The first-order valence-corrected chi connectivity index (χ1v) is 6.84. The third-order valence-corrected chi connectivity index (χ3v) is 3.44. The van der Waals surface area contributed by atoms with Gasteiger partial charge in [0.1, 0.15) is 11.5 Å². The molecule has 0 spiro atoms. The number of aliphatic hydroxyl groups is 2. The van der Waals surface area contributed by atoms with Crippen LogP contribution in [0.1, 0.15) is 31.9 Å². The summed E-state index contributed by atoms with van der Waals surface area (Å²) in [5.41, 5.74) is 0.695. The molecule has 0 heterocycles. The van der Waals surface area contributed by atoms with E-state index in [1.165, 1.54) is 0 Å². The zero-order valence-corrected chi connectivity index (χ0v) is 12.6. The molecule has 0 fully saturated rings. The van der Waals surface area contributed by atoms with E-state index >= 15 is 0 Å². The third kappa shape index (κ3) is 4.10. The van der Waals surface area contributed by atoms with Crippen molar-refractivity contribution in [1.29, 1.82) is 0 Å². The smallest absolute Gasteiger partial charge is 0.128 e. The van der Waals surface area contributed by atoms with Crippen molar-refractivity contribution in [3.63, 3.8) is 0 Å². The first-order chi connectivity index (χ1) is 9.57. The van der Waals surface area contributed by atoms with Crippen molar-refractivity contribution in [2.75, 3.05) is 20.8 Å². The summed E-state index contributed by atoms with van der Waals surface area (Å²) in [6.07, 6.45) is 0.0734. The molecule has 0 aliphatic carbocycles. The van der Waals surface area contributed by atoms with Gasteiger partial charge in [-0.05, 0) is 25.5 Å². The zero-order valence-electron chi connectivity index (χ0n) is 12.6. The second-order valence-electron chi connectivity index (χ2n) is 4.80. The number of methoxy groups -OCH3 is 2. The molecule has 0 aliphatic rings. The highest BCUT2D eigenvalue weighted by atomic mass is 16.5. The maximum Gasteiger partial charge on any atom is 0.128 e. The Bertz CT molecular complexity index is 407. The van der Waals surface area contributed by atoms with Crippen molar-refractivity contribution >= 4 is 0 Å². The van der Waals surface area contributed by atoms with E-state index in [2.05, 4.69) is 5.32 Å². The Morgan fingerprint density at radius 1 is 1.25 bits per heavy atom. The zero-order chi connectivity index (χ0) is 15.1. The molecule has 0 amide bonds. The summed E-state index contributed by atoms with van der Waals surface area (Å²) in [7, 11) is 3.15. The van der Waals surface area contributed by atoms with Crippen LogP contribution in [0.15, 0.2) is 18.2 Å². The molecule has 0 aliphatic heterocycles. The fourth-order valence-electron chi connectivity index (χ4n) is 2.09. The van der Waals surface area contributed by atoms with E-state index in [0.29, 0.717) is 17.1 Å². The van der Waals surface area contributed by atoms with Crippen LogP contribution in [0.2, 0.25) is 0 Å². The summed E-state index contributed by atoms with van der Waals surface area (Å²) in [4.78, 5) is 0. The number of benzene rings is 1. The van der Waals surface area contributed by atoms with Gasteiger partial charge >= 0.3 is 0 Å². The number of hydrogen-bond donors (Lipinski definition) is 3. The lowest BCUT2D eigenvalue weighted by Gasteiger charge is -2.26. The summed E-state index contributed by atoms with van der Waals surface area (Å²) in [5, 5.41) is 22.9. The van der Waals surface area contributed by atoms with Crippen LogP contribution in [0.3, 0.4) is 0 Å². The van der Waals surface area contributed by atoms with Gasteiger partial charge in [-0.3, -0.25) is 0 Å². The molecule has 1 aromatic carbocycles. The highest BCUT2D eigenvalue weighted by Gasteiger charge is 2.22. The predicted octanol–water partition coefficient (Wildman–Crippen LogP) is 1.49. The average molecular weight is 283 g/mol. The largest absolute Gasteiger partial charge is 0.497 e. The highest BCUT2D eigenvalue weighted by Crippen LogP contribution is 2.31. The summed E-state index contributed by atoms with van der Waals surface area (Å²) in [5.74, 6) is 1.27. The Balaban J connectivity index is 2.87. The molecule has 5 nitrogen and oxygen atoms in total. The summed E-state index contributed by atoms with van der Waals surface area (Å²) in [6, 6.07) is 5.10. The van der Waals surface area contributed by atoms with Crippen molar-refractivity contribution < 1.29 is 19.7 Å². The number of ether oxygens (including phenoxy) is 2. The second kappa shape index (κ2) is 8.09. The topological polar surface area (TPSA) is 71.0 Å². The van der Waals surface area contributed by atoms with Crippen molar-refractivity contribution in [2.24, 2.45) is 0 Å². The van der Waals surface area contributed by atoms with Gasteiger partial charge in [0.2, 0.25) is 0 Å². The van der Waals surface area contributed by atoms with Gasteiger partial charge in [-0.1, -0.05) is 6.92 Å². The van der Waals surface area contributed by atoms with Crippen LogP contribution in [0.4, 0.5) is 0 Å². The van der Waals surface area contributed by atoms with Gasteiger partial charge in [-0.25, -0.2) is 0 Å². The fourth-order valence-corrected chi connectivity index (χ4v) is 2.09. The first kappa shape index (κ1) is 16.8. The van der Waals surface area contributed by atoms with E-state index in [4.69, 9.17) is 9.47 Å². The Morgan fingerprint density at radius 2 is 1.95 bits per heavy atom. The Hall–Kier alpha value is -1.30. The Kier molecular flexibility index (Phi) is 6.78. The van der Waals surface area contributed by atoms with Crippen LogP contribution < -0.4 is 14.8 Å². The summed E-state index contributed by atoms with van der Waals surface area (Å²) in [6.45, 7) is 3.92. The van der Waals surface area contributed by atoms with Crippen molar-refractivity contribution in [3.05, 3.63) is 23.8 Å². The molecule has 3 unspecified atom stereocenters. The monoisotopic (exact) mass is 283 g/mol. The van der Waals surface area contributed by atoms with Gasteiger partial charge < -0.3 is 25.0 Å². The maximum absolute atomic E-state index is 10.4. The van der Waals surface area contributed by atoms with Crippen LogP contribution in [0.5, 0.6) is 11.5 Å². The lowest BCUT2D eigenvalue weighted by molar-refractivity contribution is 0.116.